The summed E-state index contributed by atoms with van der Waals surface area (Å²) in [5, 5.41) is 0. The van der Waals surface area contributed by atoms with Gasteiger partial charge in [-0.05, 0) is 0 Å². The Balaban J connectivity index is 0.000000241. The molecule has 0 unspecified atom stereocenters. The van der Waals surface area contributed by atoms with Crippen LogP contribution in [-0.2, 0) is 14.2 Å². The van der Waals surface area contributed by atoms with Crippen molar-refractivity contribution >= 4 is 28.4 Å². The van der Waals surface area contributed by atoms with E-state index in [0.717, 1.165) is 39.3 Å². The Morgan fingerprint density at radius 2 is 1.20 bits per heavy atom. The zero-order valence-electron chi connectivity index (χ0n) is 13.0. The molecule has 3 fully saturated rings. The van der Waals surface area contributed by atoms with Gasteiger partial charge in [0, 0.05) is 49.9 Å². The van der Waals surface area contributed by atoms with Gasteiger partial charge >= 0.3 is 16.9 Å². The molecule has 3 saturated heterocycles. The lowest BCUT2D eigenvalue weighted by Gasteiger charge is -2.21. The standard InChI is InChI=1S/C12H13N3O2.H3O3P.HO3P/c16-9-7-8(13-1-2-13)12(17)11(15-5-6-15)10(9)14-3-4-14;2*1-4(2)3/h7H,1-6H2;1-3H;(H-,1,2,3)/p+1. The summed E-state index contributed by atoms with van der Waals surface area (Å²) in [5.41, 5.74) is 1.89. The molecule has 0 aromatic carbocycles. The van der Waals surface area contributed by atoms with Crippen LogP contribution in [0.5, 0.6) is 0 Å². The average molecular weight is 394 g/mol. The molecular weight excluding hydrogens is 376 g/mol. The van der Waals surface area contributed by atoms with E-state index in [1.54, 1.807) is 0 Å². The Labute approximate surface area is 145 Å². The van der Waals surface area contributed by atoms with E-state index in [0.29, 0.717) is 17.1 Å². The van der Waals surface area contributed by atoms with E-state index >= 15 is 0 Å². The van der Waals surface area contributed by atoms with Gasteiger partial charge in [-0.2, -0.15) is 0 Å². The summed E-state index contributed by atoms with van der Waals surface area (Å²) in [6.45, 7) is 5.41. The first-order chi connectivity index (χ1) is 11.7. The van der Waals surface area contributed by atoms with Gasteiger partial charge < -0.3 is 29.4 Å². The predicted octanol–water partition coefficient (Wildman–Crippen LogP) is -2.00. The van der Waals surface area contributed by atoms with Crippen molar-refractivity contribution in [2.75, 3.05) is 39.3 Å². The maximum absolute atomic E-state index is 12.4. The van der Waals surface area contributed by atoms with Crippen LogP contribution in [-0.4, -0.2) is 90.0 Å². The number of hydrogen-bond donors (Lipinski definition) is 5. The van der Waals surface area contributed by atoms with Crippen molar-refractivity contribution in [1.82, 2.24) is 14.7 Å². The molecule has 138 valence electrons. The second-order valence-corrected chi connectivity index (χ2v) is 6.44. The van der Waals surface area contributed by atoms with Crippen molar-refractivity contribution in [2.24, 2.45) is 0 Å². The van der Waals surface area contributed by atoms with Crippen molar-refractivity contribution in [2.45, 2.75) is 0 Å². The SMILES string of the molecule is O=C1C=C(N2CC2)C(=O)C(N2CC2)=C1N1CC1.O=[P+](O)O.OP(O)O. The molecule has 0 amide bonds. The Bertz CT molecular complexity index is 632. The lowest BCUT2D eigenvalue weighted by molar-refractivity contribution is -0.117. The first kappa shape index (κ1) is 19.9. The number of Topliss-reactive ketones (excluding diaryl/α,β-unsaturated/α-hetero) is 1. The summed E-state index contributed by atoms with van der Waals surface area (Å²) >= 11 is 0. The maximum Gasteiger partial charge on any atom is 0.692 e. The van der Waals surface area contributed by atoms with Crippen molar-refractivity contribution in [1.29, 1.82) is 0 Å². The number of carbonyl (C=O) groups excluding carboxylic acids is 2. The molecule has 0 aromatic rings. The van der Waals surface area contributed by atoms with E-state index in [9.17, 15) is 9.59 Å². The summed E-state index contributed by atoms with van der Waals surface area (Å²) in [6.07, 6.45) is 1.52. The molecule has 0 atom stereocenters. The second kappa shape index (κ2) is 8.29. The zero-order valence-corrected chi connectivity index (χ0v) is 14.8. The summed E-state index contributed by atoms with van der Waals surface area (Å²) in [7, 11) is -5.49. The predicted molar refractivity (Wildman–Crippen MR) is 85.5 cm³/mol. The van der Waals surface area contributed by atoms with Gasteiger partial charge in [0.15, 0.2) is 0 Å². The van der Waals surface area contributed by atoms with E-state index in [1.165, 1.54) is 6.08 Å². The van der Waals surface area contributed by atoms with Gasteiger partial charge in [-0.3, -0.25) is 9.59 Å². The van der Waals surface area contributed by atoms with E-state index < -0.39 is 16.9 Å². The molecule has 3 heterocycles. The molecule has 11 nitrogen and oxygen atoms in total. The van der Waals surface area contributed by atoms with Crippen LogP contribution in [0.4, 0.5) is 0 Å². The Hall–Kier alpha value is -1.45. The molecule has 25 heavy (non-hydrogen) atoms. The molecule has 3 aliphatic heterocycles. The summed E-state index contributed by atoms with van der Waals surface area (Å²) in [4.78, 5) is 66.4. The highest BCUT2D eigenvalue weighted by Crippen LogP contribution is 2.33. The van der Waals surface area contributed by atoms with Crippen molar-refractivity contribution in [3.63, 3.8) is 0 Å². The Kier molecular flexibility index (Phi) is 6.59. The highest BCUT2D eigenvalue weighted by Gasteiger charge is 2.43. The van der Waals surface area contributed by atoms with Crippen LogP contribution in [0.2, 0.25) is 0 Å². The highest BCUT2D eigenvalue weighted by molar-refractivity contribution is 7.38. The fourth-order valence-electron chi connectivity index (χ4n) is 2.28. The number of carbonyl (C=O) groups is 2. The van der Waals surface area contributed by atoms with Gasteiger partial charge in [0.05, 0.1) is 5.70 Å². The molecule has 0 radical (unpaired) electrons. The average Bonchev–Trinajstić information content (AvgIpc) is 3.36. The van der Waals surface area contributed by atoms with E-state index in [4.69, 9.17) is 29.0 Å². The molecular formula is C12H18N3O8P2+. The molecule has 5 N–H and O–H groups in total. The maximum atomic E-state index is 12.4. The minimum atomic E-state index is -2.87. The molecule has 0 saturated carbocycles. The molecule has 0 bridgehead atoms. The van der Waals surface area contributed by atoms with Crippen LogP contribution in [0.1, 0.15) is 0 Å². The van der Waals surface area contributed by atoms with Gasteiger partial charge in [-0.25, -0.2) is 0 Å². The van der Waals surface area contributed by atoms with E-state index in [2.05, 4.69) is 0 Å². The first-order valence-electron chi connectivity index (χ1n) is 7.24. The lowest BCUT2D eigenvalue weighted by atomic mass is 10.0. The topological polar surface area (TPSA) is 161 Å². The number of hydrogen-bond acceptors (Lipinski definition) is 9. The number of allylic oxidation sites excluding steroid dienone is 1. The molecule has 0 aromatic heterocycles. The molecule has 0 spiro atoms. The van der Waals surface area contributed by atoms with Gasteiger partial charge in [-0.1, -0.05) is 0 Å². The van der Waals surface area contributed by atoms with Gasteiger partial charge in [-0.15, -0.1) is 9.79 Å². The highest BCUT2D eigenvalue weighted by atomic mass is 31.2. The summed E-state index contributed by atoms with van der Waals surface area (Å²) in [6, 6.07) is 0. The third-order valence-electron chi connectivity index (χ3n) is 3.49. The fraction of sp³-hybridized carbons (Fsp3) is 0.500. The third-order valence-corrected chi connectivity index (χ3v) is 3.49. The van der Waals surface area contributed by atoms with Crippen molar-refractivity contribution < 1.29 is 38.6 Å². The molecule has 4 rings (SSSR count). The zero-order chi connectivity index (χ0) is 18.7. The number of nitrogens with zero attached hydrogens (tertiary/aromatic N) is 3. The Morgan fingerprint density at radius 3 is 1.56 bits per heavy atom. The van der Waals surface area contributed by atoms with Gasteiger partial charge in [0.1, 0.15) is 11.4 Å². The molecule has 1 aliphatic carbocycles. The van der Waals surface area contributed by atoms with E-state index in [1.807, 2.05) is 14.7 Å². The van der Waals surface area contributed by atoms with Crippen LogP contribution in [0, 0.1) is 0 Å². The lowest BCUT2D eigenvalue weighted by Crippen LogP contribution is -2.29. The molecule has 13 heteroatoms. The Morgan fingerprint density at radius 1 is 0.840 bits per heavy atom. The monoisotopic (exact) mass is 394 g/mol. The number of ketones is 2. The minimum Gasteiger partial charge on any atom is -0.365 e. The fourth-order valence-corrected chi connectivity index (χ4v) is 2.28. The first-order valence-corrected chi connectivity index (χ1v) is 9.60. The van der Waals surface area contributed by atoms with E-state index in [-0.39, 0.29) is 11.6 Å². The quantitative estimate of drug-likeness (QED) is 0.204. The molecule has 4 aliphatic rings. The van der Waals surface area contributed by atoms with Gasteiger partial charge in [0.25, 0.3) is 0 Å². The third kappa shape index (κ3) is 6.09. The minimum absolute atomic E-state index is 0.00546. The van der Waals surface area contributed by atoms with Crippen molar-refractivity contribution in [3.05, 3.63) is 23.2 Å². The summed E-state index contributed by atoms with van der Waals surface area (Å²) < 4.78 is 8.70. The van der Waals surface area contributed by atoms with Crippen molar-refractivity contribution in [3.8, 4) is 0 Å². The van der Waals surface area contributed by atoms with Gasteiger partial charge in [0.2, 0.25) is 11.6 Å². The second-order valence-electron chi connectivity index (χ2n) is 5.40. The van der Waals surface area contributed by atoms with Crippen LogP contribution < -0.4 is 0 Å². The normalized spacial score (nSPS) is 20.6. The van der Waals surface area contributed by atoms with Crippen LogP contribution in [0.15, 0.2) is 23.2 Å². The van der Waals surface area contributed by atoms with Crippen LogP contribution in [0.25, 0.3) is 0 Å². The van der Waals surface area contributed by atoms with Crippen LogP contribution >= 0.6 is 16.9 Å². The summed E-state index contributed by atoms with van der Waals surface area (Å²) in [5.74, 6) is 0.0485. The smallest absolute Gasteiger partial charge is 0.365 e. The largest absolute Gasteiger partial charge is 0.692 e. The number of rotatable bonds is 3. The van der Waals surface area contributed by atoms with Crippen LogP contribution in [0.3, 0.4) is 0 Å².